The van der Waals surface area contributed by atoms with E-state index in [0.29, 0.717) is 21.6 Å². The van der Waals surface area contributed by atoms with E-state index in [4.69, 9.17) is 0 Å². The molecule has 10 heteroatoms. The van der Waals surface area contributed by atoms with Gasteiger partial charge in [-0.3, -0.25) is 24.4 Å². The highest BCUT2D eigenvalue weighted by Crippen LogP contribution is 2.29. The number of thiophene rings is 1. The van der Waals surface area contributed by atoms with Crippen LogP contribution in [0.25, 0.3) is 10.1 Å². The molecule has 4 rings (SSSR count). The lowest BCUT2D eigenvalue weighted by atomic mass is 10.2. The molecule has 2 N–H and O–H groups in total. The van der Waals surface area contributed by atoms with Crippen molar-refractivity contribution in [3.63, 3.8) is 0 Å². The molecular weight excluding hydrogens is 418 g/mol. The number of fused-ring (bicyclic) bond motifs is 1. The predicted molar refractivity (Wildman–Crippen MR) is 118 cm³/mol. The summed E-state index contributed by atoms with van der Waals surface area (Å²) in [5, 5.41) is 21.2. The summed E-state index contributed by atoms with van der Waals surface area (Å²) in [7, 11) is 0. The van der Waals surface area contributed by atoms with Crippen LogP contribution in [0.4, 0.5) is 17.1 Å². The van der Waals surface area contributed by atoms with Crippen molar-refractivity contribution in [1.29, 1.82) is 0 Å². The van der Waals surface area contributed by atoms with Gasteiger partial charge in [0, 0.05) is 46.0 Å². The Labute approximate surface area is 180 Å². The fraction of sp³-hybridized carbons (Fsp3) is 0.0952. The Morgan fingerprint density at radius 2 is 1.87 bits per heavy atom. The van der Waals surface area contributed by atoms with E-state index in [-0.39, 0.29) is 17.5 Å². The average molecular weight is 435 g/mol. The van der Waals surface area contributed by atoms with Crippen molar-refractivity contribution in [3.05, 3.63) is 82.0 Å². The molecule has 2 aromatic heterocycles. The fourth-order valence-electron chi connectivity index (χ4n) is 3.00. The van der Waals surface area contributed by atoms with Crippen LogP contribution in [-0.2, 0) is 4.79 Å². The molecule has 0 aliphatic heterocycles. The van der Waals surface area contributed by atoms with Crippen molar-refractivity contribution >= 4 is 50.3 Å². The first-order chi connectivity index (χ1) is 14.9. The second-order valence-electron chi connectivity index (χ2n) is 6.78. The van der Waals surface area contributed by atoms with E-state index in [1.807, 2.05) is 0 Å². The number of rotatable bonds is 6. The molecule has 0 aliphatic carbocycles. The number of hydrogen-bond acceptors (Lipinski definition) is 6. The van der Waals surface area contributed by atoms with Gasteiger partial charge in [-0.15, -0.1) is 11.3 Å². The van der Waals surface area contributed by atoms with Crippen molar-refractivity contribution in [3.8, 4) is 0 Å². The molecule has 2 aromatic carbocycles. The molecule has 156 valence electrons. The van der Waals surface area contributed by atoms with Gasteiger partial charge in [-0.1, -0.05) is 6.07 Å². The van der Waals surface area contributed by atoms with Crippen LogP contribution in [0.2, 0.25) is 0 Å². The molecule has 0 aliphatic rings. The number of nitrogens with zero attached hydrogens (tertiary/aromatic N) is 3. The van der Waals surface area contributed by atoms with Gasteiger partial charge in [-0.25, -0.2) is 0 Å². The number of nitro benzene ring substituents is 1. The number of amides is 2. The summed E-state index contributed by atoms with van der Waals surface area (Å²) in [6.45, 7) is 1.74. The number of anilines is 2. The van der Waals surface area contributed by atoms with Gasteiger partial charge in [0.25, 0.3) is 11.6 Å². The number of nitrogens with one attached hydrogen (secondary N) is 2. The van der Waals surface area contributed by atoms with Crippen LogP contribution in [0.5, 0.6) is 0 Å². The molecule has 0 bridgehead atoms. The third kappa shape index (κ3) is 4.43. The average Bonchev–Trinajstić information content (AvgIpc) is 3.42. The summed E-state index contributed by atoms with van der Waals surface area (Å²) >= 11 is 1.25. The topological polar surface area (TPSA) is 119 Å². The molecule has 2 amide bonds. The van der Waals surface area contributed by atoms with E-state index < -0.39 is 11.0 Å². The summed E-state index contributed by atoms with van der Waals surface area (Å²) in [6.07, 6.45) is 3.31. The van der Waals surface area contributed by atoms with Gasteiger partial charge < -0.3 is 10.6 Å². The normalized spacial score (nSPS) is 11.8. The molecule has 31 heavy (non-hydrogen) atoms. The van der Waals surface area contributed by atoms with Crippen LogP contribution in [0.1, 0.15) is 22.6 Å². The first kappa shape index (κ1) is 20.2. The highest BCUT2D eigenvalue weighted by molar-refractivity contribution is 7.20. The zero-order chi connectivity index (χ0) is 22.0. The van der Waals surface area contributed by atoms with Gasteiger partial charge in [0.2, 0.25) is 5.91 Å². The van der Waals surface area contributed by atoms with Crippen LogP contribution in [-0.4, -0.2) is 26.5 Å². The van der Waals surface area contributed by atoms with Gasteiger partial charge >= 0.3 is 0 Å². The number of aromatic nitrogens is 2. The largest absolute Gasteiger partial charge is 0.324 e. The zero-order valence-electron chi connectivity index (χ0n) is 16.3. The second-order valence-corrected chi connectivity index (χ2v) is 7.86. The molecule has 0 saturated heterocycles. The van der Waals surface area contributed by atoms with Crippen molar-refractivity contribution in [2.45, 2.75) is 13.0 Å². The Bertz CT molecular complexity index is 1280. The van der Waals surface area contributed by atoms with Crippen LogP contribution in [0.15, 0.2) is 67.0 Å². The van der Waals surface area contributed by atoms with Crippen molar-refractivity contribution < 1.29 is 14.5 Å². The number of carbonyl (C=O) groups is 2. The standard InChI is InChI=1S/C21H17N5O4S/c1-13(25-9-3-8-22-25)20(27)23-15-4-2-5-16(12-15)24-21(28)19-11-14-10-17(26(29)30)6-7-18(14)31-19/h2-13H,1H3,(H,23,27)(H,24,28). The van der Waals surface area contributed by atoms with E-state index in [0.717, 1.165) is 4.70 Å². The summed E-state index contributed by atoms with van der Waals surface area (Å²) in [5.41, 5.74) is 1.02. The van der Waals surface area contributed by atoms with Gasteiger partial charge in [-0.2, -0.15) is 5.10 Å². The minimum Gasteiger partial charge on any atom is -0.324 e. The number of benzene rings is 2. The lowest BCUT2D eigenvalue weighted by Gasteiger charge is -2.13. The van der Waals surface area contributed by atoms with E-state index in [1.54, 1.807) is 66.5 Å². The van der Waals surface area contributed by atoms with Crippen molar-refractivity contribution in [2.75, 3.05) is 10.6 Å². The minimum atomic E-state index is -0.490. The van der Waals surface area contributed by atoms with E-state index in [9.17, 15) is 19.7 Å². The molecule has 1 atom stereocenters. The molecule has 0 saturated carbocycles. The molecule has 0 spiro atoms. The third-order valence-electron chi connectivity index (χ3n) is 4.62. The first-order valence-corrected chi connectivity index (χ1v) is 10.1. The number of hydrogen-bond donors (Lipinski definition) is 2. The lowest BCUT2D eigenvalue weighted by molar-refractivity contribution is -0.384. The quantitative estimate of drug-likeness (QED) is 0.342. The molecular formula is C21H17N5O4S. The van der Waals surface area contributed by atoms with Gasteiger partial charge in [-0.05, 0) is 43.3 Å². The summed E-state index contributed by atoms with van der Waals surface area (Å²) in [6, 6.07) is 14.2. The third-order valence-corrected chi connectivity index (χ3v) is 5.74. The van der Waals surface area contributed by atoms with Gasteiger partial charge in [0.1, 0.15) is 6.04 Å². The van der Waals surface area contributed by atoms with E-state index in [1.165, 1.54) is 23.5 Å². The van der Waals surface area contributed by atoms with E-state index >= 15 is 0 Å². The van der Waals surface area contributed by atoms with Crippen LogP contribution >= 0.6 is 11.3 Å². The Hall–Kier alpha value is -4.05. The minimum absolute atomic E-state index is 0.0231. The number of nitro groups is 1. The molecule has 2 heterocycles. The monoisotopic (exact) mass is 435 g/mol. The Kier molecular flexibility index (Phi) is 5.46. The Balaban J connectivity index is 1.47. The Morgan fingerprint density at radius 1 is 1.10 bits per heavy atom. The molecule has 4 aromatic rings. The maximum atomic E-state index is 12.7. The van der Waals surface area contributed by atoms with Gasteiger partial charge in [0.15, 0.2) is 0 Å². The fourth-order valence-corrected chi connectivity index (χ4v) is 3.94. The van der Waals surface area contributed by atoms with Crippen molar-refractivity contribution in [1.82, 2.24) is 9.78 Å². The van der Waals surface area contributed by atoms with Gasteiger partial charge in [0.05, 0.1) is 9.80 Å². The highest BCUT2D eigenvalue weighted by Gasteiger charge is 2.16. The van der Waals surface area contributed by atoms with Crippen LogP contribution < -0.4 is 10.6 Å². The summed E-state index contributed by atoms with van der Waals surface area (Å²) in [4.78, 5) is 36.0. The first-order valence-electron chi connectivity index (χ1n) is 9.30. The lowest BCUT2D eigenvalue weighted by Crippen LogP contribution is -2.24. The number of carbonyl (C=O) groups excluding carboxylic acids is 2. The molecule has 1 unspecified atom stereocenters. The Morgan fingerprint density at radius 3 is 2.58 bits per heavy atom. The summed E-state index contributed by atoms with van der Waals surface area (Å²) < 4.78 is 2.33. The molecule has 0 radical (unpaired) electrons. The van der Waals surface area contributed by atoms with Crippen LogP contribution in [0, 0.1) is 10.1 Å². The number of non-ortho nitro benzene ring substituents is 1. The maximum Gasteiger partial charge on any atom is 0.270 e. The van der Waals surface area contributed by atoms with E-state index in [2.05, 4.69) is 15.7 Å². The molecule has 9 nitrogen and oxygen atoms in total. The second kappa shape index (κ2) is 8.36. The highest BCUT2D eigenvalue weighted by atomic mass is 32.1. The molecule has 0 fully saturated rings. The van der Waals surface area contributed by atoms with Crippen molar-refractivity contribution in [2.24, 2.45) is 0 Å². The maximum absolute atomic E-state index is 12.7. The SMILES string of the molecule is CC(C(=O)Nc1cccc(NC(=O)c2cc3cc([N+](=O)[O-])ccc3s2)c1)n1cccn1. The summed E-state index contributed by atoms with van der Waals surface area (Å²) in [5.74, 6) is -0.574. The van der Waals surface area contributed by atoms with Crippen LogP contribution in [0.3, 0.4) is 0 Å². The smallest absolute Gasteiger partial charge is 0.270 e. The predicted octanol–water partition coefficient (Wildman–Crippen LogP) is 4.46. The zero-order valence-corrected chi connectivity index (χ0v) is 17.1.